The summed E-state index contributed by atoms with van der Waals surface area (Å²) in [6.07, 6.45) is 2.44. The van der Waals surface area contributed by atoms with Crippen LogP contribution >= 0.6 is 0 Å². The number of carbonyl (C=O) groups is 1. The SMILES string of the molecule is COc1ccc(C(NC(=O)c2cc(=O)c3ccccc3o2)C2CC(O)C2)cn1. The highest BCUT2D eigenvalue weighted by molar-refractivity contribution is 5.93. The minimum absolute atomic E-state index is 0.0463. The first-order valence-corrected chi connectivity index (χ1v) is 9.07. The molecule has 3 aromatic rings. The number of pyridine rings is 1. The van der Waals surface area contributed by atoms with Crippen LogP contribution in [0.2, 0.25) is 0 Å². The largest absolute Gasteiger partial charge is 0.481 e. The van der Waals surface area contributed by atoms with Gasteiger partial charge in [0.1, 0.15) is 5.58 Å². The number of aromatic nitrogens is 1. The number of rotatable bonds is 5. The molecule has 0 spiro atoms. The summed E-state index contributed by atoms with van der Waals surface area (Å²) < 4.78 is 10.7. The van der Waals surface area contributed by atoms with Gasteiger partial charge in [-0.15, -0.1) is 0 Å². The topological polar surface area (TPSA) is 102 Å². The van der Waals surface area contributed by atoms with E-state index in [0.717, 1.165) is 5.56 Å². The molecule has 1 aliphatic rings. The summed E-state index contributed by atoms with van der Waals surface area (Å²) in [5.74, 6) is 0.0180. The molecule has 1 fully saturated rings. The fourth-order valence-corrected chi connectivity index (χ4v) is 3.50. The second-order valence-electron chi connectivity index (χ2n) is 6.94. The maximum Gasteiger partial charge on any atom is 0.287 e. The molecule has 1 saturated carbocycles. The van der Waals surface area contributed by atoms with Gasteiger partial charge in [0.15, 0.2) is 11.2 Å². The van der Waals surface area contributed by atoms with Crippen molar-refractivity contribution < 1.29 is 19.1 Å². The first-order valence-electron chi connectivity index (χ1n) is 9.07. The predicted molar refractivity (Wildman–Crippen MR) is 102 cm³/mol. The van der Waals surface area contributed by atoms with Gasteiger partial charge in [-0.2, -0.15) is 0 Å². The van der Waals surface area contributed by atoms with E-state index in [9.17, 15) is 14.7 Å². The molecule has 1 aromatic carbocycles. The van der Waals surface area contributed by atoms with E-state index in [1.807, 2.05) is 6.07 Å². The van der Waals surface area contributed by atoms with Crippen molar-refractivity contribution in [3.63, 3.8) is 0 Å². The summed E-state index contributed by atoms with van der Waals surface area (Å²) >= 11 is 0. The molecule has 2 aromatic heterocycles. The molecule has 0 bridgehead atoms. The highest BCUT2D eigenvalue weighted by Crippen LogP contribution is 2.38. The van der Waals surface area contributed by atoms with E-state index in [1.165, 1.54) is 13.2 Å². The number of para-hydroxylation sites is 1. The number of hydrogen-bond donors (Lipinski definition) is 2. The molecular weight excluding hydrogens is 360 g/mol. The summed E-state index contributed by atoms with van der Waals surface area (Å²) in [5, 5.41) is 13.1. The van der Waals surface area contributed by atoms with Crippen LogP contribution in [0.1, 0.15) is 35.0 Å². The average molecular weight is 380 g/mol. The number of fused-ring (bicyclic) bond motifs is 1. The summed E-state index contributed by atoms with van der Waals surface area (Å²) in [6.45, 7) is 0. The normalized spacial score (nSPS) is 19.6. The maximum atomic E-state index is 12.8. The molecule has 7 nitrogen and oxygen atoms in total. The van der Waals surface area contributed by atoms with E-state index in [1.54, 1.807) is 36.5 Å². The number of methoxy groups -OCH3 is 1. The summed E-state index contributed by atoms with van der Waals surface area (Å²) in [7, 11) is 1.53. The Bertz CT molecular complexity index is 1050. The van der Waals surface area contributed by atoms with Crippen LogP contribution in [0.3, 0.4) is 0 Å². The molecule has 2 N–H and O–H groups in total. The van der Waals surface area contributed by atoms with Gasteiger partial charge < -0.3 is 19.6 Å². The second-order valence-corrected chi connectivity index (χ2v) is 6.94. The third kappa shape index (κ3) is 3.48. The molecule has 2 heterocycles. The number of nitrogens with zero attached hydrogens (tertiary/aromatic N) is 1. The maximum absolute atomic E-state index is 12.8. The number of amides is 1. The van der Waals surface area contributed by atoms with Gasteiger partial charge in [-0.05, 0) is 36.5 Å². The number of aliphatic hydroxyl groups is 1. The summed E-state index contributed by atoms with van der Waals surface area (Å²) in [5.41, 5.74) is 0.893. The molecule has 7 heteroatoms. The molecule has 1 amide bonds. The lowest BCUT2D eigenvalue weighted by Gasteiger charge is -2.38. The van der Waals surface area contributed by atoms with Gasteiger partial charge in [-0.3, -0.25) is 9.59 Å². The average Bonchev–Trinajstić information content (AvgIpc) is 2.70. The van der Waals surface area contributed by atoms with Crippen LogP contribution in [0, 0.1) is 5.92 Å². The van der Waals surface area contributed by atoms with Gasteiger partial charge in [0.25, 0.3) is 5.91 Å². The van der Waals surface area contributed by atoms with E-state index in [-0.39, 0.29) is 29.3 Å². The lowest BCUT2D eigenvalue weighted by molar-refractivity contribution is 0.0232. The van der Waals surface area contributed by atoms with Crippen molar-refractivity contribution in [2.24, 2.45) is 5.92 Å². The van der Waals surface area contributed by atoms with Crippen LogP contribution in [0.5, 0.6) is 5.88 Å². The van der Waals surface area contributed by atoms with Gasteiger partial charge in [-0.25, -0.2) is 4.98 Å². The smallest absolute Gasteiger partial charge is 0.287 e. The molecular formula is C21H20N2O5. The van der Waals surface area contributed by atoms with Crippen LogP contribution in [0.15, 0.2) is 57.9 Å². The Hall–Kier alpha value is -3.19. The zero-order chi connectivity index (χ0) is 19.7. The molecule has 0 saturated heterocycles. The summed E-state index contributed by atoms with van der Waals surface area (Å²) in [6, 6.07) is 11.2. The van der Waals surface area contributed by atoms with E-state index in [4.69, 9.17) is 9.15 Å². The van der Waals surface area contributed by atoms with Crippen LogP contribution in [0.4, 0.5) is 0 Å². The van der Waals surface area contributed by atoms with Gasteiger partial charge >= 0.3 is 0 Å². The van der Waals surface area contributed by atoms with Gasteiger partial charge in [0, 0.05) is 18.3 Å². The molecule has 144 valence electrons. The highest BCUT2D eigenvalue weighted by atomic mass is 16.5. The van der Waals surface area contributed by atoms with Crippen LogP contribution in [-0.4, -0.2) is 29.2 Å². The third-order valence-corrected chi connectivity index (χ3v) is 5.09. The lowest BCUT2D eigenvalue weighted by Crippen LogP contribution is -2.41. The molecule has 0 aliphatic heterocycles. The Morgan fingerprint density at radius 3 is 2.75 bits per heavy atom. The zero-order valence-electron chi connectivity index (χ0n) is 15.3. The number of carbonyl (C=O) groups excluding carboxylic acids is 1. The molecule has 1 unspecified atom stereocenters. The first kappa shape index (κ1) is 18.2. The first-order chi connectivity index (χ1) is 13.5. The highest BCUT2D eigenvalue weighted by Gasteiger charge is 2.36. The molecule has 28 heavy (non-hydrogen) atoms. The van der Waals surface area contributed by atoms with Crippen molar-refractivity contribution in [3.8, 4) is 5.88 Å². The monoisotopic (exact) mass is 380 g/mol. The minimum Gasteiger partial charge on any atom is -0.481 e. The second kappa shape index (κ2) is 7.44. The Morgan fingerprint density at radius 1 is 1.29 bits per heavy atom. The Morgan fingerprint density at radius 2 is 2.07 bits per heavy atom. The number of nitrogens with one attached hydrogen (secondary N) is 1. The predicted octanol–water partition coefficient (Wildman–Crippen LogP) is 2.44. The van der Waals surface area contributed by atoms with Gasteiger partial charge in [-0.1, -0.05) is 18.2 Å². The summed E-state index contributed by atoms with van der Waals surface area (Å²) in [4.78, 5) is 29.3. The van der Waals surface area contributed by atoms with Gasteiger partial charge in [0.05, 0.1) is 24.6 Å². The number of benzene rings is 1. The van der Waals surface area contributed by atoms with Crippen molar-refractivity contribution in [2.45, 2.75) is 25.0 Å². The quantitative estimate of drug-likeness (QED) is 0.705. The van der Waals surface area contributed by atoms with Crippen LogP contribution in [0.25, 0.3) is 11.0 Å². The Labute approximate surface area is 161 Å². The number of hydrogen-bond acceptors (Lipinski definition) is 6. The van der Waals surface area contributed by atoms with Gasteiger partial charge in [0.2, 0.25) is 5.88 Å². The lowest BCUT2D eigenvalue weighted by atomic mass is 9.75. The molecule has 4 rings (SSSR count). The number of ether oxygens (including phenoxy) is 1. The molecule has 0 radical (unpaired) electrons. The number of aliphatic hydroxyl groups excluding tert-OH is 1. The fraction of sp³-hybridized carbons (Fsp3) is 0.286. The van der Waals surface area contributed by atoms with Crippen LogP contribution in [-0.2, 0) is 0 Å². The van der Waals surface area contributed by atoms with Crippen molar-refractivity contribution in [1.82, 2.24) is 10.3 Å². The van der Waals surface area contributed by atoms with Crippen molar-refractivity contribution in [2.75, 3.05) is 7.11 Å². The van der Waals surface area contributed by atoms with Crippen molar-refractivity contribution in [1.29, 1.82) is 0 Å². The standard InChI is InChI=1S/C21H20N2O5/c1-27-19-7-6-12(11-22-19)20(13-8-14(24)9-13)23-21(26)18-10-16(25)15-4-2-3-5-17(15)28-18/h2-7,10-11,13-14,20,24H,8-9H2,1H3,(H,23,26). The van der Waals surface area contributed by atoms with E-state index < -0.39 is 5.91 Å². The molecule has 1 atom stereocenters. The Kier molecular flexibility index (Phi) is 4.83. The zero-order valence-corrected chi connectivity index (χ0v) is 15.3. The van der Waals surface area contributed by atoms with Crippen molar-refractivity contribution in [3.05, 3.63) is 70.2 Å². The third-order valence-electron chi connectivity index (χ3n) is 5.09. The van der Waals surface area contributed by atoms with E-state index >= 15 is 0 Å². The fourth-order valence-electron chi connectivity index (χ4n) is 3.50. The molecule has 1 aliphatic carbocycles. The Balaban J connectivity index is 1.62. The van der Waals surface area contributed by atoms with Crippen LogP contribution < -0.4 is 15.5 Å². The van der Waals surface area contributed by atoms with Crippen molar-refractivity contribution >= 4 is 16.9 Å². The minimum atomic E-state index is -0.481. The van der Waals surface area contributed by atoms with E-state index in [0.29, 0.717) is 29.7 Å². The van der Waals surface area contributed by atoms with E-state index in [2.05, 4.69) is 10.3 Å².